The van der Waals surface area contributed by atoms with Crippen LogP contribution in [0.2, 0.25) is 0 Å². The normalized spacial score (nSPS) is 20.9. The number of piperazine rings is 1. The highest BCUT2D eigenvalue weighted by Crippen LogP contribution is 2.28. The predicted molar refractivity (Wildman–Crippen MR) is 95.5 cm³/mol. The number of hydrogen-bond donors (Lipinski definition) is 2. The Labute approximate surface area is 157 Å². The van der Waals surface area contributed by atoms with Gasteiger partial charge < -0.3 is 24.7 Å². The maximum absolute atomic E-state index is 12.6. The number of rotatable bonds is 5. The average molecular weight is 376 g/mol. The van der Waals surface area contributed by atoms with E-state index in [1.807, 2.05) is 0 Å². The zero-order chi connectivity index (χ0) is 19.4. The minimum atomic E-state index is -0.707. The van der Waals surface area contributed by atoms with Gasteiger partial charge in [0.1, 0.15) is 11.8 Å². The lowest BCUT2D eigenvalue weighted by molar-refractivity contribution is -0.139. The van der Waals surface area contributed by atoms with Gasteiger partial charge in [0.25, 0.3) is 0 Å². The van der Waals surface area contributed by atoms with Gasteiger partial charge in [-0.2, -0.15) is 0 Å². The largest absolute Gasteiger partial charge is 0.467 e. The summed E-state index contributed by atoms with van der Waals surface area (Å²) in [5.41, 5.74) is 0.829. The van der Waals surface area contributed by atoms with Crippen LogP contribution in [0.5, 0.6) is 0 Å². The molecule has 9 nitrogen and oxygen atoms in total. The molecule has 1 fully saturated rings. The molecule has 0 saturated carbocycles. The van der Waals surface area contributed by atoms with Gasteiger partial charge in [0.15, 0.2) is 0 Å². The molecular weight excluding hydrogens is 352 g/mol. The molecule has 0 aliphatic carbocycles. The fraction of sp³-hybridized carbons (Fsp3) is 0.500. The minimum Gasteiger partial charge on any atom is -0.467 e. The smallest absolute Gasteiger partial charge is 0.338 e. The van der Waals surface area contributed by atoms with E-state index in [2.05, 4.69) is 15.5 Å². The molecule has 9 heteroatoms. The topological polar surface area (TPSA) is 104 Å². The summed E-state index contributed by atoms with van der Waals surface area (Å²) in [5.74, 6) is 0.0182. The highest BCUT2D eigenvalue weighted by atomic mass is 16.5. The summed E-state index contributed by atoms with van der Waals surface area (Å²) in [5, 5.41) is 5.47. The van der Waals surface area contributed by atoms with Gasteiger partial charge in [-0.1, -0.05) is 0 Å². The van der Waals surface area contributed by atoms with Gasteiger partial charge in [-0.05, 0) is 19.1 Å². The lowest BCUT2D eigenvalue weighted by Gasteiger charge is -2.36. The Bertz CT molecular complexity index is 735. The van der Waals surface area contributed by atoms with Crippen molar-refractivity contribution < 1.29 is 23.5 Å². The number of carbonyl (C=O) groups excluding carboxylic acids is 3. The van der Waals surface area contributed by atoms with Crippen LogP contribution in [0, 0.1) is 0 Å². The van der Waals surface area contributed by atoms with Gasteiger partial charge in [0, 0.05) is 45.3 Å². The first-order valence-corrected chi connectivity index (χ1v) is 8.98. The van der Waals surface area contributed by atoms with Crippen molar-refractivity contribution in [1.82, 2.24) is 20.4 Å². The van der Waals surface area contributed by atoms with Crippen LogP contribution in [0.3, 0.4) is 0 Å². The van der Waals surface area contributed by atoms with Gasteiger partial charge in [-0.3, -0.25) is 9.69 Å². The Hall–Kier alpha value is -2.81. The van der Waals surface area contributed by atoms with Gasteiger partial charge >= 0.3 is 12.0 Å². The van der Waals surface area contributed by atoms with Crippen LogP contribution in [0.1, 0.15) is 25.6 Å². The van der Waals surface area contributed by atoms with Crippen molar-refractivity contribution in [2.45, 2.75) is 19.9 Å². The van der Waals surface area contributed by atoms with Gasteiger partial charge in [0.05, 0.1) is 18.4 Å². The summed E-state index contributed by atoms with van der Waals surface area (Å²) in [6, 6.07) is 2.30. The number of urea groups is 1. The van der Waals surface area contributed by atoms with Crippen LogP contribution < -0.4 is 10.6 Å². The minimum absolute atomic E-state index is 0.0501. The Morgan fingerprint density at radius 1 is 1.30 bits per heavy atom. The van der Waals surface area contributed by atoms with Crippen LogP contribution in [0.4, 0.5) is 4.79 Å². The molecular formula is C18H24N4O5. The highest BCUT2D eigenvalue weighted by molar-refractivity contribution is 5.95. The van der Waals surface area contributed by atoms with Crippen LogP contribution in [0.25, 0.3) is 0 Å². The Kier molecular flexibility index (Phi) is 5.80. The van der Waals surface area contributed by atoms with E-state index in [1.54, 1.807) is 30.9 Å². The summed E-state index contributed by atoms with van der Waals surface area (Å²) in [7, 11) is 0. The summed E-state index contributed by atoms with van der Waals surface area (Å²) in [6.07, 6.45) is 1.49. The lowest BCUT2D eigenvalue weighted by atomic mass is 9.99. The molecule has 1 atom stereocenters. The second kappa shape index (κ2) is 8.26. The monoisotopic (exact) mass is 376 g/mol. The molecule has 0 bridgehead atoms. The van der Waals surface area contributed by atoms with Crippen molar-refractivity contribution in [1.29, 1.82) is 0 Å². The van der Waals surface area contributed by atoms with E-state index in [-0.39, 0.29) is 12.5 Å². The van der Waals surface area contributed by atoms with E-state index >= 15 is 0 Å². The second-order valence-corrected chi connectivity index (χ2v) is 6.44. The first-order chi connectivity index (χ1) is 13.0. The van der Waals surface area contributed by atoms with Crippen LogP contribution >= 0.6 is 0 Å². The Morgan fingerprint density at radius 2 is 2.04 bits per heavy atom. The molecule has 0 aromatic carbocycles. The summed E-state index contributed by atoms with van der Waals surface area (Å²) in [6.45, 7) is 6.45. The third-order valence-corrected chi connectivity index (χ3v) is 4.68. The Morgan fingerprint density at radius 3 is 2.63 bits per heavy atom. The van der Waals surface area contributed by atoms with E-state index in [1.165, 1.54) is 6.26 Å². The highest BCUT2D eigenvalue weighted by Gasteiger charge is 2.36. The number of carbonyl (C=O) groups is 3. The summed E-state index contributed by atoms with van der Waals surface area (Å²) < 4.78 is 10.6. The van der Waals surface area contributed by atoms with E-state index in [9.17, 15) is 14.4 Å². The molecule has 27 heavy (non-hydrogen) atoms. The first-order valence-electron chi connectivity index (χ1n) is 8.98. The number of ether oxygens (including phenoxy) is 1. The fourth-order valence-corrected chi connectivity index (χ4v) is 3.31. The third kappa shape index (κ3) is 4.30. The van der Waals surface area contributed by atoms with Crippen molar-refractivity contribution in [2.24, 2.45) is 0 Å². The van der Waals surface area contributed by atoms with E-state index < -0.39 is 18.0 Å². The van der Waals surface area contributed by atoms with Crippen molar-refractivity contribution in [2.75, 3.05) is 39.3 Å². The molecule has 0 spiro atoms. The van der Waals surface area contributed by atoms with E-state index in [0.29, 0.717) is 49.8 Å². The predicted octanol–water partition coefficient (Wildman–Crippen LogP) is 0.615. The molecule has 1 saturated heterocycles. The molecule has 2 aliphatic rings. The molecule has 3 heterocycles. The van der Waals surface area contributed by atoms with Crippen LogP contribution in [-0.2, 0) is 14.3 Å². The van der Waals surface area contributed by atoms with E-state index in [0.717, 1.165) is 0 Å². The first kappa shape index (κ1) is 19.0. The van der Waals surface area contributed by atoms with Crippen molar-refractivity contribution >= 4 is 17.9 Å². The summed E-state index contributed by atoms with van der Waals surface area (Å²) >= 11 is 0. The van der Waals surface area contributed by atoms with Crippen molar-refractivity contribution in [3.63, 3.8) is 0 Å². The molecule has 2 aliphatic heterocycles. The number of hydrogen-bond acceptors (Lipinski definition) is 6. The van der Waals surface area contributed by atoms with Gasteiger partial charge in [-0.15, -0.1) is 0 Å². The lowest BCUT2D eigenvalue weighted by Crippen LogP contribution is -2.52. The van der Waals surface area contributed by atoms with Crippen molar-refractivity contribution in [3.05, 3.63) is 35.4 Å². The van der Waals surface area contributed by atoms with Gasteiger partial charge in [0.2, 0.25) is 5.91 Å². The molecule has 3 amide bonds. The number of nitrogens with one attached hydrogen (secondary N) is 2. The number of amides is 3. The van der Waals surface area contributed by atoms with Gasteiger partial charge in [-0.25, -0.2) is 9.59 Å². The zero-order valence-corrected chi connectivity index (χ0v) is 15.5. The van der Waals surface area contributed by atoms with Crippen LogP contribution in [-0.4, -0.2) is 67.0 Å². The number of nitrogens with zero attached hydrogens (tertiary/aromatic N) is 2. The SMILES string of the molecule is CCOC(=O)C1=C(CN2CCN(C(C)=O)CC2)NC(=O)N[C@H]1c1ccco1. The number of furan rings is 1. The fourth-order valence-electron chi connectivity index (χ4n) is 3.31. The summed E-state index contributed by atoms with van der Waals surface area (Å²) in [4.78, 5) is 40.2. The zero-order valence-electron chi connectivity index (χ0n) is 15.5. The van der Waals surface area contributed by atoms with Crippen molar-refractivity contribution in [3.8, 4) is 0 Å². The maximum atomic E-state index is 12.6. The third-order valence-electron chi connectivity index (χ3n) is 4.68. The molecule has 2 N–H and O–H groups in total. The Balaban J connectivity index is 1.85. The molecule has 1 aromatic heterocycles. The average Bonchev–Trinajstić information content (AvgIpc) is 3.16. The number of esters is 1. The molecule has 146 valence electrons. The molecule has 3 rings (SSSR count). The van der Waals surface area contributed by atoms with Crippen LogP contribution in [0.15, 0.2) is 34.1 Å². The molecule has 0 unspecified atom stereocenters. The van der Waals surface area contributed by atoms with E-state index in [4.69, 9.17) is 9.15 Å². The standard InChI is InChI=1S/C18H24N4O5/c1-3-26-17(24)15-13(11-21-6-8-22(9-7-21)12(2)23)19-18(25)20-16(15)14-5-4-10-27-14/h4-5,10,16H,3,6-9,11H2,1-2H3,(H2,19,20,25)/t16-/m0/s1. The molecule has 1 aromatic rings. The maximum Gasteiger partial charge on any atom is 0.338 e. The quantitative estimate of drug-likeness (QED) is 0.730. The molecule has 0 radical (unpaired) electrons. The second-order valence-electron chi connectivity index (χ2n) is 6.44.